The van der Waals surface area contributed by atoms with Gasteiger partial charge in [0.1, 0.15) is 0 Å². The van der Waals surface area contributed by atoms with Crippen molar-refractivity contribution in [1.29, 1.82) is 0 Å². The Bertz CT molecular complexity index is 984. The molecule has 2 aromatic carbocycles. The molecule has 148 valence electrons. The number of halogens is 1. The lowest BCUT2D eigenvalue weighted by Gasteiger charge is -2.33. The van der Waals surface area contributed by atoms with Crippen molar-refractivity contribution in [3.8, 4) is 0 Å². The van der Waals surface area contributed by atoms with E-state index in [1.165, 1.54) is 35.5 Å². The van der Waals surface area contributed by atoms with E-state index in [1.54, 1.807) is 29.2 Å². The summed E-state index contributed by atoms with van der Waals surface area (Å²) in [6.07, 6.45) is 0. The van der Waals surface area contributed by atoms with Gasteiger partial charge in [0.05, 0.1) is 15.6 Å². The zero-order chi connectivity index (χ0) is 20.3. The minimum absolute atomic E-state index is 0.0640. The quantitative estimate of drug-likeness (QED) is 0.821. The Morgan fingerprint density at radius 1 is 0.964 bits per heavy atom. The van der Waals surface area contributed by atoms with Crippen molar-refractivity contribution in [3.05, 3.63) is 59.1 Å². The maximum Gasteiger partial charge on any atom is 0.255 e. The lowest BCUT2D eigenvalue weighted by atomic mass is 10.2. The summed E-state index contributed by atoms with van der Waals surface area (Å²) in [4.78, 5) is 25.5. The van der Waals surface area contributed by atoms with Crippen LogP contribution in [0.5, 0.6) is 0 Å². The minimum atomic E-state index is -3.68. The molecule has 28 heavy (non-hydrogen) atoms. The van der Waals surface area contributed by atoms with E-state index in [0.717, 1.165) is 0 Å². The number of rotatable bonds is 4. The van der Waals surface area contributed by atoms with Gasteiger partial charge in [0.25, 0.3) is 5.91 Å². The molecule has 0 bridgehead atoms. The number of anilines is 1. The van der Waals surface area contributed by atoms with Crippen LogP contribution in [0.15, 0.2) is 53.4 Å². The number of benzene rings is 2. The highest BCUT2D eigenvalue weighted by Crippen LogP contribution is 2.22. The summed E-state index contributed by atoms with van der Waals surface area (Å²) in [7, 11) is -3.68. The SMILES string of the molecule is CC(=O)N1CCN(S(=O)(=O)c2ccc(C(=O)Nc3ccccc3Cl)cc2)CC1. The van der Waals surface area contributed by atoms with Crippen LogP contribution in [0.3, 0.4) is 0 Å². The lowest BCUT2D eigenvalue weighted by molar-refractivity contribution is -0.129. The fraction of sp³-hybridized carbons (Fsp3) is 0.263. The number of nitrogens with zero attached hydrogens (tertiary/aromatic N) is 2. The Kier molecular flexibility index (Phi) is 6.02. The van der Waals surface area contributed by atoms with Gasteiger partial charge in [-0.15, -0.1) is 0 Å². The van der Waals surface area contributed by atoms with E-state index in [0.29, 0.717) is 29.4 Å². The fourth-order valence-corrected chi connectivity index (χ4v) is 4.53. The van der Waals surface area contributed by atoms with Gasteiger partial charge >= 0.3 is 0 Å². The molecule has 9 heteroatoms. The van der Waals surface area contributed by atoms with Crippen LogP contribution in [0.1, 0.15) is 17.3 Å². The van der Waals surface area contributed by atoms with Crippen LogP contribution in [-0.4, -0.2) is 55.6 Å². The van der Waals surface area contributed by atoms with Crippen LogP contribution in [-0.2, 0) is 14.8 Å². The molecule has 0 saturated carbocycles. The molecule has 2 amide bonds. The van der Waals surface area contributed by atoms with Gasteiger partial charge in [-0.25, -0.2) is 8.42 Å². The number of para-hydroxylation sites is 1. The van der Waals surface area contributed by atoms with E-state index in [1.807, 2.05) is 0 Å². The van der Waals surface area contributed by atoms with Gasteiger partial charge in [0, 0.05) is 38.7 Å². The number of hydrogen-bond donors (Lipinski definition) is 1. The van der Waals surface area contributed by atoms with E-state index in [4.69, 9.17) is 11.6 Å². The Morgan fingerprint density at radius 2 is 1.57 bits per heavy atom. The molecular formula is C19H20ClN3O4S. The van der Waals surface area contributed by atoms with Crippen molar-refractivity contribution in [3.63, 3.8) is 0 Å². The van der Waals surface area contributed by atoms with Crippen LogP contribution >= 0.6 is 11.6 Å². The zero-order valence-corrected chi connectivity index (χ0v) is 16.8. The van der Waals surface area contributed by atoms with Gasteiger partial charge in [-0.1, -0.05) is 23.7 Å². The molecule has 1 aliphatic heterocycles. The maximum atomic E-state index is 12.8. The standard InChI is InChI=1S/C19H20ClN3O4S/c1-14(24)22-10-12-23(13-11-22)28(26,27)16-8-6-15(7-9-16)19(25)21-18-5-3-2-4-17(18)20/h2-9H,10-13H2,1H3,(H,21,25). The number of nitrogens with one attached hydrogen (secondary N) is 1. The van der Waals surface area contributed by atoms with Crippen molar-refractivity contribution in [2.45, 2.75) is 11.8 Å². The van der Waals surface area contributed by atoms with Gasteiger partial charge in [-0.2, -0.15) is 4.31 Å². The molecule has 7 nitrogen and oxygen atoms in total. The predicted molar refractivity (Wildman–Crippen MR) is 107 cm³/mol. The van der Waals surface area contributed by atoms with Crippen LogP contribution in [0, 0.1) is 0 Å². The molecule has 0 spiro atoms. The second-order valence-corrected chi connectivity index (χ2v) is 8.71. The summed E-state index contributed by atoms with van der Waals surface area (Å²) < 4.78 is 26.9. The molecule has 2 aromatic rings. The van der Waals surface area contributed by atoms with Crippen LogP contribution < -0.4 is 5.32 Å². The molecule has 1 fully saturated rings. The summed E-state index contributed by atoms with van der Waals surface area (Å²) in [6.45, 7) is 2.70. The molecule has 0 unspecified atom stereocenters. The monoisotopic (exact) mass is 421 g/mol. The molecule has 3 rings (SSSR count). The number of sulfonamides is 1. The number of amides is 2. The van der Waals surface area contributed by atoms with Crippen LogP contribution in [0.4, 0.5) is 5.69 Å². The summed E-state index contributed by atoms with van der Waals surface area (Å²) >= 11 is 6.03. The Morgan fingerprint density at radius 3 is 2.14 bits per heavy atom. The van der Waals surface area contributed by atoms with Gasteiger partial charge in [-0.3, -0.25) is 9.59 Å². The summed E-state index contributed by atoms with van der Waals surface area (Å²) in [5.41, 5.74) is 0.800. The molecule has 1 heterocycles. The number of hydrogen-bond acceptors (Lipinski definition) is 4. The van der Waals surface area contributed by atoms with Gasteiger partial charge in [-0.05, 0) is 36.4 Å². The molecule has 1 saturated heterocycles. The van der Waals surface area contributed by atoms with Crippen molar-refractivity contribution in [2.24, 2.45) is 0 Å². The van der Waals surface area contributed by atoms with Gasteiger partial charge < -0.3 is 10.2 Å². The summed E-state index contributed by atoms with van der Waals surface area (Å²) in [5.74, 6) is -0.446. The second-order valence-electron chi connectivity index (χ2n) is 6.37. The summed E-state index contributed by atoms with van der Waals surface area (Å²) in [6, 6.07) is 12.6. The minimum Gasteiger partial charge on any atom is -0.340 e. The Balaban J connectivity index is 1.70. The Labute approximate surface area is 168 Å². The third-order valence-corrected chi connectivity index (χ3v) is 6.80. The maximum absolute atomic E-state index is 12.8. The molecular weight excluding hydrogens is 402 g/mol. The molecule has 1 N–H and O–H groups in total. The van der Waals surface area contributed by atoms with Crippen LogP contribution in [0.2, 0.25) is 5.02 Å². The fourth-order valence-electron chi connectivity index (χ4n) is 2.93. The van der Waals surface area contributed by atoms with E-state index in [-0.39, 0.29) is 29.8 Å². The highest BCUT2D eigenvalue weighted by Gasteiger charge is 2.29. The first-order valence-corrected chi connectivity index (χ1v) is 10.5. The topological polar surface area (TPSA) is 86.8 Å². The van der Waals surface area contributed by atoms with E-state index in [2.05, 4.69) is 5.32 Å². The molecule has 0 radical (unpaired) electrons. The van der Waals surface area contributed by atoms with Crippen molar-refractivity contribution in [2.75, 3.05) is 31.5 Å². The average Bonchev–Trinajstić information content (AvgIpc) is 2.70. The normalized spacial score (nSPS) is 15.3. The van der Waals surface area contributed by atoms with Crippen LogP contribution in [0.25, 0.3) is 0 Å². The predicted octanol–water partition coefficient (Wildman–Crippen LogP) is 2.45. The molecule has 0 atom stereocenters. The number of carbonyl (C=O) groups is 2. The first-order chi connectivity index (χ1) is 13.3. The van der Waals surface area contributed by atoms with E-state index >= 15 is 0 Å². The average molecular weight is 422 g/mol. The van der Waals surface area contributed by atoms with Crippen molar-refractivity contribution < 1.29 is 18.0 Å². The molecule has 0 aromatic heterocycles. The first-order valence-electron chi connectivity index (χ1n) is 8.70. The first kappa shape index (κ1) is 20.3. The third kappa shape index (κ3) is 4.35. The number of piperazine rings is 1. The van der Waals surface area contributed by atoms with Gasteiger partial charge in [0.2, 0.25) is 15.9 Å². The smallest absolute Gasteiger partial charge is 0.255 e. The number of carbonyl (C=O) groups excluding carboxylic acids is 2. The highest BCUT2D eigenvalue weighted by molar-refractivity contribution is 7.89. The highest BCUT2D eigenvalue weighted by atomic mass is 35.5. The van der Waals surface area contributed by atoms with E-state index < -0.39 is 10.0 Å². The van der Waals surface area contributed by atoms with Crippen molar-refractivity contribution in [1.82, 2.24) is 9.21 Å². The lowest BCUT2D eigenvalue weighted by Crippen LogP contribution is -2.49. The van der Waals surface area contributed by atoms with E-state index in [9.17, 15) is 18.0 Å². The second kappa shape index (κ2) is 8.30. The molecule has 0 aliphatic carbocycles. The van der Waals surface area contributed by atoms with Crippen molar-refractivity contribution >= 4 is 39.1 Å². The Hall–Kier alpha value is -2.42. The molecule has 1 aliphatic rings. The third-order valence-electron chi connectivity index (χ3n) is 4.56. The zero-order valence-electron chi connectivity index (χ0n) is 15.3. The largest absolute Gasteiger partial charge is 0.340 e. The summed E-state index contributed by atoms with van der Waals surface area (Å²) in [5, 5.41) is 3.11. The van der Waals surface area contributed by atoms with Gasteiger partial charge in [0.15, 0.2) is 0 Å².